The Hall–Kier alpha value is -1.76. The van der Waals surface area contributed by atoms with Crippen molar-refractivity contribution in [2.24, 2.45) is 0 Å². The van der Waals surface area contributed by atoms with Gasteiger partial charge in [0.2, 0.25) is 5.54 Å². The van der Waals surface area contributed by atoms with Gasteiger partial charge in [-0.15, -0.1) is 0 Å². The fourth-order valence-corrected chi connectivity index (χ4v) is 2.57. The highest BCUT2D eigenvalue weighted by Gasteiger charge is 2.63. The lowest BCUT2D eigenvalue weighted by Crippen LogP contribution is -2.70. The second-order valence-electron chi connectivity index (χ2n) is 5.46. The molecule has 0 bridgehead atoms. The molecule has 1 aliphatic heterocycles. The number of phenols is 1. The Bertz CT molecular complexity index is 563. The Morgan fingerprint density at radius 2 is 1.81 bits per heavy atom. The molecule has 1 fully saturated rings. The molecule has 1 saturated heterocycles. The Morgan fingerprint density at radius 1 is 1.29 bits per heavy atom. The van der Waals surface area contributed by atoms with Gasteiger partial charge in [-0.25, -0.2) is 0 Å². The van der Waals surface area contributed by atoms with E-state index in [0.29, 0.717) is 11.1 Å². The highest BCUT2D eigenvalue weighted by atomic mass is 19.4. The van der Waals surface area contributed by atoms with Crippen molar-refractivity contribution in [3.63, 3.8) is 0 Å². The molecule has 0 spiro atoms. The number of alkyl halides is 3. The van der Waals surface area contributed by atoms with Crippen LogP contribution in [0.5, 0.6) is 5.75 Å². The predicted molar refractivity (Wildman–Crippen MR) is 70.9 cm³/mol. The minimum absolute atomic E-state index is 0.00419. The summed E-state index contributed by atoms with van der Waals surface area (Å²) < 4.78 is 40.9. The van der Waals surface area contributed by atoms with Gasteiger partial charge in [-0.3, -0.25) is 10.1 Å². The van der Waals surface area contributed by atoms with Gasteiger partial charge in [0.1, 0.15) is 5.75 Å². The quantitative estimate of drug-likeness (QED) is 0.742. The molecule has 4 nitrogen and oxygen atoms in total. The van der Waals surface area contributed by atoms with Crippen LogP contribution in [0.2, 0.25) is 0 Å². The normalized spacial score (nSPS) is 26.6. The topological polar surface area (TPSA) is 61.4 Å². The van der Waals surface area contributed by atoms with Gasteiger partial charge >= 0.3 is 6.18 Å². The number of nitrogens with one attached hydrogen (secondary N) is 2. The van der Waals surface area contributed by atoms with Gasteiger partial charge in [0.25, 0.3) is 5.91 Å². The van der Waals surface area contributed by atoms with Crippen LogP contribution in [-0.2, 0) is 10.3 Å². The van der Waals surface area contributed by atoms with Crippen LogP contribution in [0.25, 0.3) is 0 Å². The molecule has 1 aromatic carbocycles. The Kier molecular flexibility index (Phi) is 3.65. The van der Waals surface area contributed by atoms with Gasteiger partial charge in [0, 0.05) is 12.6 Å². The average molecular weight is 302 g/mol. The fraction of sp³-hybridized carbons (Fsp3) is 0.500. The first-order chi connectivity index (χ1) is 9.59. The molecule has 1 aromatic rings. The number of amides is 1. The molecular formula is C14H17F3N2O2. The smallest absolute Gasteiger partial charge is 0.419 e. The van der Waals surface area contributed by atoms with Crippen LogP contribution in [0.3, 0.4) is 0 Å². The number of phenolic OH excluding ortho intramolecular Hbond substituents is 1. The Labute approximate surface area is 120 Å². The minimum atomic E-state index is -4.80. The number of carbonyl (C=O) groups excluding carboxylic acids is 1. The maximum absolute atomic E-state index is 13.6. The van der Waals surface area contributed by atoms with E-state index >= 15 is 0 Å². The molecule has 3 N–H and O–H groups in total. The Morgan fingerprint density at radius 3 is 2.24 bits per heavy atom. The van der Waals surface area contributed by atoms with Crippen molar-refractivity contribution in [2.45, 2.75) is 38.5 Å². The maximum Gasteiger partial charge on any atom is 0.419 e. The minimum Gasteiger partial charge on any atom is -0.507 e. The number of benzene rings is 1. The van der Waals surface area contributed by atoms with Gasteiger partial charge in [-0.2, -0.15) is 13.2 Å². The first-order valence-electron chi connectivity index (χ1n) is 6.53. The number of carbonyl (C=O) groups is 1. The highest BCUT2D eigenvalue weighted by molar-refractivity contribution is 5.90. The van der Waals surface area contributed by atoms with E-state index in [1.807, 2.05) is 0 Å². The zero-order valence-corrected chi connectivity index (χ0v) is 11.9. The van der Waals surface area contributed by atoms with E-state index in [4.69, 9.17) is 0 Å². The molecule has 2 atom stereocenters. The van der Waals surface area contributed by atoms with Crippen molar-refractivity contribution in [1.29, 1.82) is 0 Å². The highest BCUT2D eigenvalue weighted by Crippen LogP contribution is 2.42. The van der Waals surface area contributed by atoms with Gasteiger partial charge in [0.05, 0.1) is 0 Å². The second kappa shape index (κ2) is 4.91. The van der Waals surface area contributed by atoms with Crippen LogP contribution in [0.15, 0.2) is 12.1 Å². The van der Waals surface area contributed by atoms with E-state index in [-0.39, 0.29) is 23.9 Å². The number of rotatable bonds is 1. The van der Waals surface area contributed by atoms with Crippen molar-refractivity contribution in [3.8, 4) is 5.75 Å². The number of piperazine rings is 1. The molecule has 1 aliphatic rings. The SMILES string of the molecule is Cc1cc([C@]2(C(F)(F)F)NC[C@@H](C)NC2=O)cc(C)c1O. The van der Waals surface area contributed by atoms with Crippen molar-refractivity contribution in [2.75, 3.05) is 6.54 Å². The summed E-state index contributed by atoms with van der Waals surface area (Å²) in [5.74, 6) is -1.20. The third-order valence-corrected chi connectivity index (χ3v) is 3.74. The molecule has 1 heterocycles. The van der Waals surface area contributed by atoms with Crippen molar-refractivity contribution in [1.82, 2.24) is 10.6 Å². The molecule has 0 aliphatic carbocycles. The Balaban J connectivity index is 2.65. The molecule has 0 unspecified atom stereocenters. The second-order valence-corrected chi connectivity index (χ2v) is 5.46. The van der Waals surface area contributed by atoms with Gasteiger partial charge in [0.15, 0.2) is 0 Å². The van der Waals surface area contributed by atoms with Crippen LogP contribution < -0.4 is 10.6 Å². The summed E-state index contributed by atoms with van der Waals surface area (Å²) in [5, 5.41) is 14.4. The molecule has 21 heavy (non-hydrogen) atoms. The zero-order valence-electron chi connectivity index (χ0n) is 11.9. The summed E-state index contributed by atoms with van der Waals surface area (Å²) in [4.78, 5) is 12.1. The third kappa shape index (κ3) is 2.35. The van der Waals surface area contributed by atoms with Crippen molar-refractivity contribution >= 4 is 5.91 Å². The van der Waals surface area contributed by atoms with Gasteiger partial charge in [-0.05, 0) is 49.6 Å². The van der Waals surface area contributed by atoms with E-state index in [9.17, 15) is 23.1 Å². The van der Waals surface area contributed by atoms with E-state index in [1.165, 1.54) is 26.0 Å². The maximum atomic E-state index is 13.6. The fourth-order valence-electron chi connectivity index (χ4n) is 2.57. The molecule has 116 valence electrons. The molecule has 0 aromatic heterocycles. The van der Waals surface area contributed by atoms with Crippen LogP contribution in [0, 0.1) is 13.8 Å². The molecule has 7 heteroatoms. The summed E-state index contributed by atoms with van der Waals surface area (Å²) in [6.07, 6.45) is -4.80. The molecule has 1 amide bonds. The zero-order chi connectivity index (χ0) is 16.0. The third-order valence-electron chi connectivity index (χ3n) is 3.74. The average Bonchev–Trinajstić information content (AvgIpc) is 2.34. The standard InChI is InChI=1S/C14H17F3N2O2/c1-7-4-10(5-8(2)11(7)20)13(14(15,16)17)12(21)19-9(3)6-18-13/h4-5,9,18,20H,6H2,1-3H3,(H,19,21)/t9-,13+/m1/s1. The molecule has 0 saturated carbocycles. The van der Waals surface area contributed by atoms with Crippen molar-refractivity contribution < 1.29 is 23.1 Å². The first kappa shape index (κ1) is 15.6. The largest absolute Gasteiger partial charge is 0.507 e. The lowest BCUT2D eigenvalue weighted by atomic mass is 9.84. The predicted octanol–water partition coefficient (Wildman–Crippen LogP) is 1.87. The van der Waals surface area contributed by atoms with Crippen LogP contribution in [0.4, 0.5) is 13.2 Å². The van der Waals surface area contributed by atoms with E-state index < -0.39 is 17.6 Å². The summed E-state index contributed by atoms with van der Waals surface area (Å²) in [6, 6.07) is 2.00. The van der Waals surface area contributed by atoms with E-state index in [2.05, 4.69) is 10.6 Å². The molecule has 0 radical (unpaired) electrons. The van der Waals surface area contributed by atoms with Crippen LogP contribution in [-0.4, -0.2) is 29.8 Å². The van der Waals surface area contributed by atoms with Gasteiger partial charge < -0.3 is 10.4 Å². The first-order valence-corrected chi connectivity index (χ1v) is 6.53. The lowest BCUT2D eigenvalue weighted by Gasteiger charge is -2.41. The summed E-state index contributed by atoms with van der Waals surface area (Å²) in [6.45, 7) is 4.63. The number of aryl methyl sites for hydroxylation is 2. The lowest BCUT2D eigenvalue weighted by molar-refractivity contribution is -0.207. The van der Waals surface area contributed by atoms with E-state index in [0.717, 1.165) is 0 Å². The molecular weight excluding hydrogens is 285 g/mol. The summed E-state index contributed by atoms with van der Waals surface area (Å²) in [7, 11) is 0. The van der Waals surface area contributed by atoms with Crippen LogP contribution >= 0.6 is 0 Å². The summed E-state index contributed by atoms with van der Waals surface area (Å²) >= 11 is 0. The van der Waals surface area contributed by atoms with Crippen LogP contribution in [0.1, 0.15) is 23.6 Å². The monoisotopic (exact) mass is 302 g/mol. The number of hydrogen-bond donors (Lipinski definition) is 3. The number of halogens is 3. The number of hydrogen-bond acceptors (Lipinski definition) is 3. The van der Waals surface area contributed by atoms with E-state index in [1.54, 1.807) is 6.92 Å². The molecule has 2 rings (SSSR count). The van der Waals surface area contributed by atoms with Gasteiger partial charge in [-0.1, -0.05) is 0 Å². The van der Waals surface area contributed by atoms with Crippen molar-refractivity contribution in [3.05, 3.63) is 28.8 Å². The summed E-state index contributed by atoms with van der Waals surface area (Å²) in [5.41, 5.74) is -2.42. The number of aromatic hydroxyl groups is 1.